The Labute approximate surface area is 399 Å². The second-order valence-corrected chi connectivity index (χ2v) is 17.1. The van der Waals surface area contributed by atoms with Gasteiger partial charge in [-0.1, -0.05) is 38.1 Å². The van der Waals surface area contributed by atoms with Gasteiger partial charge in [0.15, 0.2) is 0 Å². The molecule has 3 aromatic carbocycles. The van der Waals surface area contributed by atoms with Crippen molar-refractivity contribution in [2.75, 3.05) is 40.4 Å². The molecule has 0 aliphatic carbocycles. The van der Waals surface area contributed by atoms with Gasteiger partial charge in [-0.3, -0.25) is 43.6 Å². The average Bonchev–Trinajstić information content (AvgIpc) is 3.90. The number of aromatic nitrogens is 4. The number of esters is 3. The number of nitro benzene ring substituents is 1. The Hall–Kier alpha value is -7.82. The number of ether oxygens (including phenoxy) is 5. The van der Waals surface area contributed by atoms with Crippen molar-refractivity contribution in [2.24, 2.45) is 11.8 Å². The van der Waals surface area contributed by atoms with Crippen molar-refractivity contribution in [2.45, 2.75) is 65.2 Å². The molecule has 7 rings (SSSR count). The van der Waals surface area contributed by atoms with Crippen LogP contribution < -0.4 is 32.6 Å². The van der Waals surface area contributed by atoms with Crippen LogP contribution in [0.4, 0.5) is 5.69 Å². The molecule has 0 spiro atoms. The number of hydrogen-bond acceptors (Lipinski definition) is 16. The van der Waals surface area contributed by atoms with Gasteiger partial charge in [-0.15, -0.1) is 0 Å². The Morgan fingerprint density at radius 3 is 1.57 bits per heavy atom. The number of rotatable bonds is 15. The van der Waals surface area contributed by atoms with E-state index in [1.54, 1.807) is 50.2 Å². The maximum atomic E-state index is 12.8. The maximum Gasteiger partial charge on any atom is 0.344 e. The van der Waals surface area contributed by atoms with E-state index in [2.05, 4.69) is 15.3 Å². The van der Waals surface area contributed by atoms with Crippen LogP contribution in [0.5, 0.6) is 5.75 Å². The predicted octanol–water partition coefficient (Wildman–Crippen LogP) is 3.67. The molecular weight excluding hydrogens is 915 g/mol. The smallest absolute Gasteiger partial charge is 0.344 e. The highest BCUT2D eigenvalue weighted by Gasteiger charge is 2.36. The topological polar surface area (TPSA) is 283 Å². The molecule has 0 bridgehead atoms. The molecule has 6 atom stereocenters. The number of carbonyl (C=O) groups is 4. The van der Waals surface area contributed by atoms with Crippen molar-refractivity contribution in [3.05, 3.63) is 170 Å². The summed E-state index contributed by atoms with van der Waals surface area (Å²) in [5.41, 5.74) is -1.08. The fourth-order valence-electron chi connectivity index (χ4n) is 7.54. The normalized spacial score (nSPS) is 19.4. The van der Waals surface area contributed by atoms with Crippen molar-refractivity contribution < 1.29 is 47.8 Å². The third-order valence-electron chi connectivity index (χ3n) is 11.6. The Kier molecular flexibility index (Phi) is 16.9. The molecule has 4 heterocycles. The Morgan fingerprint density at radius 1 is 0.700 bits per heavy atom. The Bertz CT molecular complexity index is 2980. The number of hydrogen-bond donors (Lipinski definition) is 3. The highest BCUT2D eigenvalue weighted by Crippen LogP contribution is 2.34. The summed E-state index contributed by atoms with van der Waals surface area (Å²) >= 11 is 0. The molecule has 0 saturated carbocycles. The first-order chi connectivity index (χ1) is 33.3. The minimum Gasteiger partial charge on any atom is -0.459 e. The minimum atomic E-state index is -0.834. The molecule has 22 nitrogen and oxygen atoms in total. The molecule has 2 aliphatic heterocycles. The maximum absolute atomic E-state index is 12.8. The van der Waals surface area contributed by atoms with E-state index >= 15 is 0 Å². The molecule has 2 fully saturated rings. The number of non-ortho nitro benzene ring substituents is 1. The van der Waals surface area contributed by atoms with Crippen LogP contribution in [-0.4, -0.2) is 105 Å². The lowest BCUT2D eigenvalue weighted by Crippen LogP contribution is -2.33. The fraction of sp³-hybridized carbons (Fsp3) is 0.375. The lowest BCUT2D eigenvalue weighted by atomic mass is 10.0. The number of aryl methyl sites for hydroxylation is 2. The van der Waals surface area contributed by atoms with Crippen LogP contribution in [0.15, 0.2) is 104 Å². The van der Waals surface area contributed by atoms with Gasteiger partial charge in [0.05, 0.1) is 39.4 Å². The zero-order valence-electron chi connectivity index (χ0n) is 39.2. The Balaban J connectivity index is 0.000000231. The highest BCUT2D eigenvalue weighted by molar-refractivity contribution is 6.05. The monoisotopic (exact) mass is 967 g/mol. The van der Waals surface area contributed by atoms with Gasteiger partial charge in [0.1, 0.15) is 31.4 Å². The molecule has 1 amide bonds. The van der Waals surface area contributed by atoms with Crippen LogP contribution >= 0.6 is 0 Å². The quantitative estimate of drug-likeness (QED) is 0.0584. The number of benzene rings is 3. The zero-order chi connectivity index (χ0) is 50.8. The number of H-pyrrole nitrogens is 2. The number of nitrogens with one attached hydrogen (secondary N) is 3. The van der Waals surface area contributed by atoms with Gasteiger partial charge >= 0.3 is 29.3 Å². The number of nitro groups is 1. The summed E-state index contributed by atoms with van der Waals surface area (Å²) in [6.45, 7) is 7.99. The number of aromatic amines is 2. The predicted molar refractivity (Wildman–Crippen MR) is 250 cm³/mol. The summed E-state index contributed by atoms with van der Waals surface area (Å²) in [7, 11) is 3.81. The summed E-state index contributed by atoms with van der Waals surface area (Å²) in [5, 5.41) is 13.6. The van der Waals surface area contributed by atoms with Gasteiger partial charge in [0, 0.05) is 48.7 Å². The van der Waals surface area contributed by atoms with Crippen molar-refractivity contribution >= 4 is 29.5 Å². The van der Waals surface area contributed by atoms with Gasteiger partial charge in [0.25, 0.3) is 22.7 Å². The molecule has 370 valence electrons. The van der Waals surface area contributed by atoms with Gasteiger partial charge in [-0.25, -0.2) is 24.0 Å². The number of amides is 1. The molecular formula is C48H53N7O15. The molecule has 2 aromatic heterocycles. The van der Waals surface area contributed by atoms with E-state index in [1.165, 1.54) is 57.9 Å². The molecule has 22 heteroatoms. The van der Waals surface area contributed by atoms with E-state index in [4.69, 9.17) is 23.7 Å². The summed E-state index contributed by atoms with van der Waals surface area (Å²) in [6, 6.07) is 17.4. The second-order valence-electron chi connectivity index (χ2n) is 17.1. The first kappa shape index (κ1) is 51.6. The summed E-state index contributed by atoms with van der Waals surface area (Å²) in [5.74, 6) is -2.56. The molecule has 2 saturated heterocycles. The van der Waals surface area contributed by atoms with Gasteiger partial charge in [0.2, 0.25) is 0 Å². The summed E-state index contributed by atoms with van der Waals surface area (Å²) in [6.07, 6.45) is 1.74. The van der Waals surface area contributed by atoms with Crippen LogP contribution in [0.2, 0.25) is 0 Å². The van der Waals surface area contributed by atoms with E-state index < -0.39 is 70.0 Å². The number of carbonyl (C=O) groups excluding carboxylic acids is 4. The van der Waals surface area contributed by atoms with Crippen LogP contribution in [0.25, 0.3) is 0 Å². The third-order valence-corrected chi connectivity index (χ3v) is 11.6. The molecule has 0 unspecified atom stereocenters. The van der Waals surface area contributed by atoms with Gasteiger partial charge in [-0.05, 0) is 89.0 Å². The first-order valence-corrected chi connectivity index (χ1v) is 22.2. The highest BCUT2D eigenvalue weighted by atomic mass is 16.6. The molecule has 0 radical (unpaired) electrons. The summed E-state index contributed by atoms with van der Waals surface area (Å²) in [4.78, 5) is 115. The lowest BCUT2D eigenvalue weighted by molar-refractivity contribution is -0.384. The van der Waals surface area contributed by atoms with Crippen LogP contribution in [0.3, 0.4) is 0 Å². The average molecular weight is 968 g/mol. The number of nitrogens with zero attached hydrogens (tertiary/aromatic N) is 4. The standard InChI is InChI=1S/C25H23N3O9.C23H30N4O6/c1-14-11-21(27-12-15(2)22(29)26-25(27)32)37-20(14)13-35-23(30)18-5-3-4-6-19(18)24(31)36-17-9-7-16(8-10-17)28(33)34;1-14-11-19(27-12-15(2)20(28)25-23(27)31)33-18(14)13-32-22(30)17-8-6-5-7-16(17)21(29)24-9-10-26(3)4/h3-10,12,14,20-21H,11,13H2,1-2H3,(H,26,29,32);5-8,12,14,18-19H,9-11,13H2,1-4H3,(H,24,29)(H,25,28,31)/t14-,20-,21-;14-,18-,19-/m11/s1. The molecule has 5 aromatic rings. The van der Waals surface area contributed by atoms with Crippen molar-refractivity contribution in [3.63, 3.8) is 0 Å². The van der Waals surface area contributed by atoms with Gasteiger partial charge in [-0.2, -0.15) is 0 Å². The van der Waals surface area contributed by atoms with Crippen molar-refractivity contribution in [1.29, 1.82) is 0 Å². The summed E-state index contributed by atoms with van der Waals surface area (Å²) < 4.78 is 30.7. The van der Waals surface area contributed by atoms with E-state index in [1.807, 2.05) is 32.8 Å². The van der Waals surface area contributed by atoms with E-state index in [-0.39, 0.29) is 64.6 Å². The second kappa shape index (κ2) is 23.0. The number of likely N-dealkylation sites (N-methyl/N-ethyl adjacent to an activating group) is 1. The molecule has 2 aliphatic rings. The van der Waals surface area contributed by atoms with Crippen molar-refractivity contribution in [1.82, 2.24) is 29.3 Å². The SMILES string of the molecule is Cc1cn([C@H]2C[C@@H](C)[C@@H](COC(=O)c3ccccc3C(=O)NCCN(C)C)O2)c(=O)[nH]c1=O.Cc1cn([C@H]2C[C@@H](C)[C@@H](COC(=O)c3ccccc3C(=O)Oc3ccc([N+](=O)[O-])cc3)O2)c(=O)[nH]c1=O. The molecule has 70 heavy (non-hydrogen) atoms. The van der Waals surface area contributed by atoms with Crippen LogP contribution in [0.1, 0.15) is 91.7 Å². The third kappa shape index (κ3) is 12.8. The minimum absolute atomic E-state index is 0.00603. The Morgan fingerprint density at radius 2 is 1.13 bits per heavy atom. The van der Waals surface area contributed by atoms with Gasteiger partial charge < -0.3 is 33.9 Å². The van der Waals surface area contributed by atoms with Crippen LogP contribution in [-0.2, 0) is 18.9 Å². The lowest BCUT2D eigenvalue weighted by Gasteiger charge is -2.17. The first-order valence-electron chi connectivity index (χ1n) is 22.2. The van der Waals surface area contributed by atoms with E-state index in [0.717, 1.165) is 0 Å². The largest absolute Gasteiger partial charge is 0.459 e. The van der Waals surface area contributed by atoms with E-state index in [9.17, 15) is 48.5 Å². The van der Waals surface area contributed by atoms with Crippen LogP contribution in [0, 0.1) is 35.8 Å². The van der Waals surface area contributed by atoms with E-state index in [0.29, 0.717) is 37.1 Å². The zero-order valence-corrected chi connectivity index (χ0v) is 39.2. The molecule has 3 N–H and O–H groups in total. The van der Waals surface area contributed by atoms with Crippen molar-refractivity contribution in [3.8, 4) is 5.75 Å². The fourth-order valence-corrected chi connectivity index (χ4v) is 7.54.